The second-order valence-corrected chi connectivity index (χ2v) is 15.9. The van der Waals surface area contributed by atoms with Crippen LogP contribution >= 0.6 is 11.3 Å². The average Bonchev–Trinajstić information content (AvgIpc) is 3.98. The monoisotopic (exact) mass is 714 g/mol. The fourth-order valence-electron chi connectivity index (χ4n) is 9.70. The maximum atomic E-state index is 2.51. The molecule has 2 nitrogen and oxygen atoms in total. The fourth-order valence-corrected chi connectivity index (χ4v) is 10.8. The Labute approximate surface area is 320 Å². The molecule has 0 saturated heterocycles. The van der Waals surface area contributed by atoms with E-state index < -0.39 is 0 Å². The molecule has 3 heterocycles. The fraction of sp³-hybridized carbons (Fsp3) is 0. The molecule has 0 fully saturated rings. The number of rotatable bonds is 3. The number of hydrogen-bond donors (Lipinski definition) is 0. The highest BCUT2D eigenvalue weighted by Gasteiger charge is 2.26. The van der Waals surface area contributed by atoms with Gasteiger partial charge in [0.2, 0.25) is 0 Å². The van der Waals surface area contributed by atoms with Crippen molar-refractivity contribution < 1.29 is 0 Å². The molecular formula is C52H30N2S. The number of thiophene rings is 1. The molecule has 0 radical (unpaired) electrons. The standard InChI is InChI=1S/C52H30N2S/c1-2-11-33(12-3-1)53-45-19-8-6-15-37(45)42-27-31(21-25-46(42)53)32-22-26-47-44(28-32)52-41-18-10-17-40-35-13-4-5-14-36(35)43(51(40)41)30-48(52)54(47)34-23-24-39-38-16-7-9-20-49(38)55-50(39)29-34/h1-30H. The lowest BCUT2D eigenvalue weighted by Gasteiger charge is -2.10. The lowest BCUT2D eigenvalue weighted by molar-refractivity contribution is 1.18. The van der Waals surface area contributed by atoms with Crippen LogP contribution in [0.4, 0.5) is 0 Å². The predicted octanol–water partition coefficient (Wildman–Crippen LogP) is 14.7. The van der Waals surface area contributed by atoms with Crippen LogP contribution < -0.4 is 0 Å². The van der Waals surface area contributed by atoms with Crippen molar-refractivity contribution in [3.8, 4) is 44.8 Å². The van der Waals surface area contributed by atoms with Crippen LogP contribution in [-0.4, -0.2) is 9.13 Å². The van der Waals surface area contributed by atoms with Crippen molar-refractivity contribution in [1.82, 2.24) is 9.13 Å². The first-order valence-corrected chi connectivity index (χ1v) is 19.7. The molecule has 254 valence electrons. The number of fused-ring (bicyclic) bond motifs is 13. The van der Waals surface area contributed by atoms with Crippen molar-refractivity contribution in [3.05, 3.63) is 182 Å². The van der Waals surface area contributed by atoms with E-state index >= 15 is 0 Å². The smallest absolute Gasteiger partial charge is 0.0553 e. The van der Waals surface area contributed by atoms with Crippen LogP contribution in [0.5, 0.6) is 0 Å². The van der Waals surface area contributed by atoms with Crippen molar-refractivity contribution in [2.45, 2.75) is 0 Å². The van der Waals surface area contributed by atoms with Gasteiger partial charge in [-0.3, -0.25) is 0 Å². The van der Waals surface area contributed by atoms with Crippen LogP contribution in [0.15, 0.2) is 182 Å². The van der Waals surface area contributed by atoms with E-state index in [0.717, 1.165) is 0 Å². The highest BCUT2D eigenvalue weighted by Crippen LogP contribution is 2.51. The molecule has 13 rings (SSSR count). The van der Waals surface area contributed by atoms with Gasteiger partial charge in [-0.2, -0.15) is 0 Å². The maximum absolute atomic E-state index is 2.51. The number of nitrogens with zero attached hydrogens (tertiary/aromatic N) is 2. The summed E-state index contributed by atoms with van der Waals surface area (Å²) < 4.78 is 7.54. The SMILES string of the molecule is c1ccc(-n2c3ccccc3c3cc(-c4ccc5c(c4)c4c6cccc7c6c(cc4n5-c4ccc5c(c4)sc4ccccc45)-c4ccccc4-7)ccc32)cc1. The summed E-state index contributed by atoms with van der Waals surface area (Å²) >= 11 is 1.88. The highest BCUT2D eigenvalue weighted by molar-refractivity contribution is 7.25. The Morgan fingerprint density at radius 3 is 1.76 bits per heavy atom. The van der Waals surface area contributed by atoms with Crippen LogP contribution in [0.3, 0.4) is 0 Å². The zero-order chi connectivity index (χ0) is 35.8. The third kappa shape index (κ3) is 3.97. The summed E-state index contributed by atoms with van der Waals surface area (Å²) in [5, 5.41) is 10.4. The van der Waals surface area contributed by atoms with Crippen LogP contribution in [0.2, 0.25) is 0 Å². The molecule has 0 aliphatic heterocycles. The summed E-state index contributed by atoms with van der Waals surface area (Å²) in [5.41, 5.74) is 15.0. The highest BCUT2D eigenvalue weighted by atomic mass is 32.1. The molecule has 0 N–H and O–H groups in total. The van der Waals surface area contributed by atoms with Crippen molar-refractivity contribution in [2.24, 2.45) is 0 Å². The van der Waals surface area contributed by atoms with E-state index in [-0.39, 0.29) is 0 Å². The first-order valence-electron chi connectivity index (χ1n) is 18.9. The van der Waals surface area contributed by atoms with Gasteiger partial charge in [0.15, 0.2) is 0 Å². The third-order valence-corrected chi connectivity index (χ3v) is 13.2. The van der Waals surface area contributed by atoms with Gasteiger partial charge in [0.25, 0.3) is 0 Å². The topological polar surface area (TPSA) is 9.86 Å². The van der Waals surface area contributed by atoms with Gasteiger partial charge in [-0.15, -0.1) is 11.3 Å². The summed E-state index contributed by atoms with van der Waals surface area (Å²) in [6, 6.07) is 67.7. The Hall–Kier alpha value is -6.94. The largest absolute Gasteiger partial charge is 0.309 e. The Balaban J connectivity index is 1.10. The third-order valence-electron chi connectivity index (χ3n) is 12.0. The van der Waals surface area contributed by atoms with Crippen LogP contribution in [-0.2, 0) is 0 Å². The summed E-state index contributed by atoms with van der Waals surface area (Å²) in [6.45, 7) is 0. The van der Waals surface area contributed by atoms with Crippen LogP contribution in [0, 0.1) is 0 Å². The zero-order valence-electron chi connectivity index (χ0n) is 29.6. The van der Waals surface area contributed by atoms with Gasteiger partial charge in [0, 0.05) is 53.1 Å². The lowest BCUT2D eigenvalue weighted by Crippen LogP contribution is -1.94. The quantitative estimate of drug-likeness (QED) is 0.172. The molecule has 0 bridgehead atoms. The molecule has 3 heteroatoms. The minimum Gasteiger partial charge on any atom is -0.309 e. The van der Waals surface area contributed by atoms with Gasteiger partial charge >= 0.3 is 0 Å². The first-order chi connectivity index (χ1) is 27.3. The first kappa shape index (κ1) is 29.5. The molecule has 0 atom stereocenters. The van der Waals surface area contributed by atoms with Gasteiger partial charge in [-0.25, -0.2) is 0 Å². The normalized spacial score (nSPS) is 12.4. The van der Waals surface area contributed by atoms with Gasteiger partial charge in [-0.1, -0.05) is 115 Å². The number of aromatic nitrogens is 2. The van der Waals surface area contributed by atoms with E-state index in [4.69, 9.17) is 0 Å². The van der Waals surface area contributed by atoms with Crippen molar-refractivity contribution in [1.29, 1.82) is 0 Å². The lowest BCUT2D eigenvalue weighted by atomic mass is 9.96. The second kappa shape index (κ2) is 10.8. The van der Waals surface area contributed by atoms with E-state index in [9.17, 15) is 0 Å². The Morgan fingerprint density at radius 2 is 0.909 bits per heavy atom. The van der Waals surface area contributed by atoms with Crippen LogP contribution in [0.1, 0.15) is 0 Å². The Kier molecular flexibility index (Phi) is 5.80. The molecule has 0 spiro atoms. The molecule has 0 unspecified atom stereocenters. The van der Waals surface area contributed by atoms with Crippen molar-refractivity contribution in [3.63, 3.8) is 0 Å². The zero-order valence-corrected chi connectivity index (χ0v) is 30.4. The number of hydrogen-bond acceptors (Lipinski definition) is 1. The minimum absolute atomic E-state index is 1.18. The molecule has 55 heavy (non-hydrogen) atoms. The molecule has 3 aromatic heterocycles. The molecule has 1 aliphatic carbocycles. The Bertz CT molecular complexity index is 3600. The number of para-hydroxylation sites is 2. The van der Waals surface area contributed by atoms with Gasteiger partial charge in [-0.05, 0) is 111 Å². The summed E-state index contributed by atoms with van der Waals surface area (Å²) in [7, 11) is 0. The van der Waals surface area contributed by atoms with E-state index in [1.165, 1.54) is 119 Å². The molecule has 0 saturated carbocycles. The number of benzene rings is 9. The van der Waals surface area contributed by atoms with Gasteiger partial charge in [0.05, 0.1) is 22.1 Å². The van der Waals surface area contributed by atoms with Crippen molar-refractivity contribution >= 4 is 85.9 Å². The summed E-state index contributed by atoms with van der Waals surface area (Å²) in [6.07, 6.45) is 0. The van der Waals surface area contributed by atoms with Crippen molar-refractivity contribution in [2.75, 3.05) is 0 Å². The van der Waals surface area contributed by atoms with E-state index in [1.807, 2.05) is 11.3 Å². The van der Waals surface area contributed by atoms with E-state index in [2.05, 4.69) is 191 Å². The predicted molar refractivity (Wildman–Crippen MR) is 235 cm³/mol. The molecule has 1 aliphatic rings. The Morgan fingerprint density at radius 1 is 0.291 bits per heavy atom. The summed E-state index contributed by atoms with van der Waals surface area (Å²) in [5.74, 6) is 0. The molecule has 12 aromatic rings. The van der Waals surface area contributed by atoms with Gasteiger partial charge in [0.1, 0.15) is 0 Å². The van der Waals surface area contributed by atoms with Crippen LogP contribution in [0.25, 0.3) is 119 Å². The van der Waals surface area contributed by atoms with E-state index in [1.54, 1.807) is 0 Å². The van der Waals surface area contributed by atoms with Gasteiger partial charge < -0.3 is 9.13 Å². The van der Waals surface area contributed by atoms with E-state index in [0.29, 0.717) is 0 Å². The minimum atomic E-state index is 1.18. The molecule has 0 amide bonds. The maximum Gasteiger partial charge on any atom is 0.0553 e. The summed E-state index contributed by atoms with van der Waals surface area (Å²) in [4.78, 5) is 0. The molecular weight excluding hydrogens is 685 g/mol. The molecule has 9 aromatic carbocycles. The average molecular weight is 715 g/mol. The second-order valence-electron chi connectivity index (χ2n) is 14.9.